The minimum atomic E-state index is -0.0212. The Morgan fingerprint density at radius 3 is 2.90 bits per heavy atom. The first-order chi connectivity index (χ1) is 9.63. The second-order valence-corrected chi connectivity index (χ2v) is 6.91. The number of anilines is 1. The zero-order chi connectivity index (χ0) is 14.1. The van der Waals surface area contributed by atoms with Crippen LogP contribution in [-0.2, 0) is 4.79 Å². The molecule has 3 unspecified atom stereocenters. The number of fused-ring (bicyclic) bond motifs is 1. The lowest BCUT2D eigenvalue weighted by Crippen LogP contribution is -2.39. The fraction of sp³-hybridized carbons (Fsp3) is 0.562. The lowest BCUT2D eigenvalue weighted by Gasteiger charge is -2.24. The van der Waals surface area contributed by atoms with Crippen molar-refractivity contribution in [2.45, 2.75) is 51.1 Å². The molecule has 2 fully saturated rings. The number of hydrogen-bond acceptors (Lipinski definition) is 2. The summed E-state index contributed by atoms with van der Waals surface area (Å²) in [5.74, 6) is 0.812. The van der Waals surface area contributed by atoms with Crippen molar-refractivity contribution in [1.82, 2.24) is 5.32 Å². The number of nitrogens with one attached hydrogen (secondary N) is 2. The predicted octanol–water partition coefficient (Wildman–Crippen LogP) is 3.62. The number of amides is 1. The van der Waals surface area contributed by atoms with E-state index in [0.717, 1.165) is 22.1 Å². The molecule has 0 bridgehead atoms. The van der Waals surface area contributed by atoms with E-state index in [1.54, 1.807) is 0 Å². The zero-order valence-corrected chi connectivity index (χ0v) is 13.4. The second kappa shape index (κ2) is 5.86. The SMILES string of the molecule is Cc1cc(NC(=O)C2CC3CCCCC3N2)ccc1Br. The van der Waals surface area contributed by atoms with Crippen LogP contribution in [0.3, 0.4) is 0 Å². The Labute approximate surface area is 128 Å². The number of aryl methyl sites for hydroxylation is 1. The average Bonchev–Trinajstić information content (AvgIpc) is 2.87. The second-order valence-electron chi connectivity index (χ2n) is 6.06. The predicted molar refractivity (Wildman–Crippen MR) is 84.8 cm³/mol. The molecule has 2 N–H and O–H groups in total. The standard InChI is InChI=1S/C16H21BrN2O/c1-10-8-12(6-7-13(10)17)18-16(20)15-9-11-4-2-3-5-14(11)19-15/h6-8,11,14-15,19H,2-5,9H2,1H3,(H,18,20). The van der Waals surface area contributed by atoms with Crippen LogP contribution < -0.4 is 10.6 Å². The molecular weight excluding hydrogens is 316 g/mol. The summed E-state index contributed by atoms with van der Waals surface area (Å²) in [5.41, 5.74) is 2.02. The van der Waals surface area contributed by atoms with E-state index in [4.69, 9.17) is 0 Å². The molecule has 3 rings (SSSR count). The van der Waals surface area contributed by atoms with Gasteiger partial charge in [-0.1, -0.05) is 28.8 Å². The molecule has 0 aromatic heterocycles. The van der Waals surface area contributed by atoms with Gasteiger partial charge in [0.25, 0.3) is 0 Å². The third kappa shape index (κ3) is 2.91. The highest BCUT2D eigenvalue weighted by molar-refractivity contribution is 9.10. The van der Waals surface area contributed by atoms with E-state index < -0.39 is 0 Å². The first kappa shape index (κ1) is 14.1. The largest absolute Gasteiger partial charge is 0.325 e. The maximum Gasteiger partial charge on any atom is 0.241 e. The minimum absolute atomic E-state index is 0.0212. The fourth-order valence-electron chi connectivity index (χ4n) is 3.47. The Morgan fingerprint density at radius 2 is 2.15 bits per heavy atom. The normalized spacial score (nSPS) is 29.0. The molecule has 1 aromatic rings. The van der Waals surface area contributed by atoms with Crippen LogP contribution in [0, 0.1) is 12.8 Å². The van der Waals surface area contributed by atoms with Crippen LogP contribution >= 0.6 is 15.9 Å². The van der Waals surface area contributed by atoms with Crippen LogP contribution in [0.5, 0.6) is 0 Å². The molecule has 2 aliphatic rings. The molecule has 1 aromatic carbocycles. The van der Waals surface area contributed by atoms with Gasteiger partial charge in [-0.3, -0.25) is 4.79 Å². The molecule has 1 heterocycles. The summed E-state index contributed by atoms with van der Waals surface area (Å²) in [7, 11) is 0. The van der Waals surface area contributed by atoms with Crippen molar-refractivity contribution >= 4 is 27.5 Å². The Bertz CT molecular complexity index is 503. The molecule has 1 saturated heterocycles. The quantitative estimate of drug-likeness (QED) is 0.865. The van der Waals surface area contributed by atoms with Crippen molar-refractivity contribution in [2.24, 2.45) is 5.92 Å². The summed E-state index contributed by atoms with van der Waals surface area (Å²) < 4.78 is 1.07. The van der Waals surface area contributed by atoms with Crippen molar-refractivity contribution in [1.29, 1.82) is 0 Å². The van der Waals surface area contributed by atoms with Gasteiger partial charge in [0.2, 0.25) is 5.91 Å². The van der Waals surface area contributed by atoms with Crippen LogP contribution in [-0.4, -0.2) is 18.0 Å². The smallest absolute Gasteiger partial charge is 0.241 e. The molecule has 1 saturated carbocycles. The number of benzene rings is 1. The van der Waals surface area contributed by atoms with E-state index in [-0.39, 0.29) is 11.9 Å². The fourth-order valence-corrected chi connectivity index (χ4v) is 3.72. The van der Waals surface area contributed by atoms with Gasteiger partial charge in [0, 0.05) is 16.2 Å². The van der Waals surface area contributed by atoms with Crippen LogP contribution in [0.25, 0.3) is 0 Å². The molecule has 0 spiro atoms. The van der Waals surface area contributed by atoms with Gasteiger partial charge in [-0.15, -0.1) is 0 Å². The van der Waals surface area contributed by atoms with Gasteiger partial charge in [-0.05, 0) is 55.9 Å². The van der Waals surface area contributed by atoms with E-state index in [2.05, 4.69) is 26.6 Å². The molecule has 108 valence electrons. The average molecular weight is 337 g/mol. The van der Waals surface area contributed by atoms with E-state index in [0.29, 0.717) is 12.0 Å². The number of carbonyl (C=O) groups is 1. The van der Waals surface area contributed by atoms with Gasteiger partial charge in [-0.2, -0.15) is 0 Å². The van der Waals surface area contributed by atoms with Gasteiger partial charge < -0.3 is 10.6 Å². The zero-order valence-electron chi connectivity index (χ0n) is 11.8. The highest BCUT2D eigenvalue weighted by Gasteiger charge is 2.38. The number of hydrogen-bond donors (Lipinski definition) is 2. The molecule has 20 heavy (non-hydrogen) atoms. The van der Waals surface area contributed by atoms with Crippen LogP contribution in [0.15, 0.2) is 22.7 Å². The van der Waals surface area contributed by atoms with Crippen LogP contribution in [0.4, 0.5) is 5.69 Å². The number of rotatable bonds is 2. The summed E-state index contributed by atoms with van der Waals surface area (Å²) in [4.78, 5) is 12.4. The maximum absolute atomic E-state index is 12.4. The van der Waals surface area contributed by atoms with E-state index in [1.807, 2.05) is 25.1 Å². The highest BCUT2D eigenvalue weighted by Crippen LogP contribution is 2.33. The van der Waals surface area contributed by atoms with Crippen molar-refractivity contribution in [3.8, 4) is 0 Å². The third-order valence-electron chi connectivity index (χ3n) is 4.60. The minimum Gasteiger partial charge on any atom is -0.325 e. The van der Waals surface area contributed by atoms with Gasteiger partial charge in [0.1, 0.15) is 0 Å². The van der Waals surface area contributed by atoms with E-state index >= 15 is 0 Å². The first-order valence-corrected chi connectivity index (χ1v) is 8.26. The Hall–Kier alpha value is -0.870. The molecule has 1 aliphatic carbocycles. The molecule has 3 nitrogen and oxygen atoms in total. The first-order valence-electron chi connectivity index (χ1n) is 7.46. The monoisotopic (exact) mass is 336 g/mol. The number of carbonyl (C=O) groups excluding carboxylic acids is 1. The van der Waals surface area contributed by atoms with Crippen molar-refractivity contribution < 1.29 is 4.79 Å². The van der Waals surface area contributed by atoms with Gasteiger partial charge in [-0.25, -0.2) is 0 Å². The highest BCUT2D eigenvalue weighted by atomic mass is 79.9. The molecule has 1 amide bonds. The summed E-state index contributed by atoms with van der Waals surface area (Å²) >= 11 is 3.48. The molecule has 4 heteroatoms. The summed E-state index contributed by atoms with van der Waals surface area (Å²) in [6.07, 6.45) is 6.12. The Morgan fingerprint density at radius 1 is 1.35 bits per heavy atom. The van der Waals surface area contributed by atoms with Gasteiger partial charge in [0.05, 0.1) is 6.04 Å². The third-order valence-corrected chi connectivity index (χ3v) is 5.49. The number of halogens is 1. The maximum atomic E-state index is 12.4. The van der Waals surface area contributed by atoms with Crippen LogP contribution in [0.1, 0.15) is 37.7 Å². The molecule has 0 radical (unpaired) electrons. The van der Waals surface area contributed by atoms with Crippen LogP contribution in [0.2, 0.25) is 0 Å². The summed E-state index contributed by atoms with van der Waals surface area (Å²) in [5, 5.41) is 6.56. The van der Waals surface area contributed by atoms with Gasteiger partial charge >= 0.3 is 0 Å². The molecule has 3 atom stereocenters. The Kier molecular flexibility index (Phi) is 4.13. The van der Waals surface area contributed by atoms with Crippen molar-refractivity contribution in [3.05, 3.63) is 28.2 Å². The van der Waals surface area contributed by atoms with E-state index in [1.165, 1.54) is 25.7 Å². The summed E-state index contributed by atoms with van der Waals surface area (Å²) in [6, 6.07) is 6.46. The van der Waals surface area contributed by atoms with Crippen molar-refractivity contribution in [3.63, 3.8) is 0 Å². The van der Waals surface area contributed by atoms with E-state index in [9.17, 15) is 4.79 Å². The molecular formula is C16H21BrN2O. The lowest BCUT2D eigenvalue weighted by atomic mass is 9.85. The topological polar surface area (TPSA) is 41.1 Å². The van der Waals surface area contributed by atoms with Gasteiger partial charge in [0.15, 0.2) is 0 Å². The lowest BCUT2D eigenvalue weighted by molar-refractivity contribution is -0.117. The van der Waals surface area contributed by atoms with Crippen molar-refractivity contribution in [2.75, 3.05) is 5.32 Å². The molecule has 1 aliphatic heterocycles. The Balaban J connectivity index is 1.63. The summed E-state index contributed by atoms with van der Waals surface area (Å²) in [6.45, 7) is 2.03.